The summed E-state index contributed by atoms with van der Waals surface area (Å²) in [5, 5.41) is 0. The van der Waals surface area contributed by atoms with Crippen molar-refractivity contribution < 1.29 is 13.2 Å². The van der Waals surface area contributed by atoms with E-state index in [2.05, 4.69) is 4.90 Å². The summed E-state index contributed by atoms with van der Waals surface area (Å²) in [6.07, 6.45) is 0.494. The van der Waals surface area contributed by atoms with Crippen LogP contribution < -0.4 is 0 Å². The molecule has 0 aromatic rings. The van der Waals surface area contributed by atoms with E-state index < -0.39 is 10.0 Å². The van der Waals surface area contributed by atoms with Gasteiger partial charge in [0.05, 0.1) is 5.75 Å². The van der Waals surface area contributed by atoms with Gasteiger partial charge in [-0.25, -0.2) is 8.42 Å². The van der Waals surface area contributed by atoms with Crippen LogP contribution in [-0.2, 0) is 14.8 Å². The maximum atomic E-state index is 11.7. The number of rotatable bonds is 5. The van der Waals surface area contributed by atoms with Crippen molar-refractivity contribution in [2.45, 2.75) is 13.3 Å². The van der Waals surface area contributed by atoms with Gasteiger partial charge in [-0.2, -0.15) is 4.31 Å². The second-order valence-corrected chi connectivity index (χ2v) is 6.94. The van der Waals surface area contributed by atoms with Gasteiger partial charge < -0.3 is 9.80 Å². The number of piperazine rings is 1. The average molecular weight is 277 g/mol. The molecule has 6 nitrogen and oxygen atoms in total. The standard InChI is InChI=1S/C11H23N3O3S/c1-4-18(16,17)14-9-7-13(8-10-14)6-5-11(15)12(2)3/h4-10H2,1-3H3. The molecule has 0 aromatic heterocycles. The monoisotopic (exact) mass is 277 g/mol. The minimum absolute atomic E-state index is 0.110. The zero-order chi connectivity index (χ0) is 13.8. The predicted molar refractivity (Wildman–Crippen MR) is 70.8 cm³/mol. The molecule has 1 aliphatic heterocycles. The Hall–Kier alpha value is -0.660. The Kier molecular flexibility index (Phi) is 5.55. The van der Waals surface area contributed by atoms with Crippen LogP contribution in [0.1, 0.15) is 13.3 Å². The summed E-state index contributed by atoms with van der Waals surface area (Å²) in [4.78, 5) is 15.2. The third-order valence-corrected chi connectivity index (χ3v) is 5.11. The number of hydrogen-bond donors (Lipinski definition) is 0. The molecular formula is C11H23N3O3S. The van der Waals surface area contributed by atoms with Gasteiger partial charge >= 0.3 is 0 Å². The normalized spacial score (nSPS) is 18.8. The molecule has 1 aliphatic rings. The van der Waals surface area contributed by atoms with Crippen molar-refractivity contribution in [3.63, 3.8) is 0 Å². The van der Waals surface area contributed by atoms with Crippen LogP contribution in [-0.4, -0.2) is 81.0 Å². The van der Waals surface area contributed by atoms with Crippen molar-refractivity contribution in [3.05, 3.63) is 0 Å². The quantitative estimate of drug-likeness (QED) is 0.675. The minimum atomic E-state index is -3.06. The van der Waals surface area contributed by atoms with Crippen molar-refractivity contribution in [1.82, 2.24) is 14.1 Å². The summed E-state index contributed by atoms with van der Waals surface area (Å²) in [6.45, 7) is 4.85. The fraction of sp³-hybridized carbons (Fsp3) is 0.909. The van der Waals surface area contributed by atoms with Crippen molar-refractivity contribution in [2.75, 3.05) is 52.6 Å². The van der Waals surface area contributed by atoms with E-state index in [4.69, 9.17) is 0 Å². The summed E-state index contributed by atoms with van der Waals surface area (Å²) in [5.41, 5.74) is 0. The smallest absolute Gasteiger partial charge is 0.223 e. The van der Waals surface area contributed by atoms with Gasteiger partial charge in [-0.15, -0.1) is 0 Å². The number of nitrogens with zero attached hydrogens (tertiary/aromatic N) is 3. The van der Waals surface area contributed by atoms with E-state index in [1.807, 2.05) is 0 Å². The Morgan fingerprint density at radius 3 is 2.17 bits per heavy atom. The molecule has 106 valence electrons. The van der Waals surface area contributed by atoms with Crippen LogP contribution in [0.4, 0.5) is 0 Å². The van der Waals surface area contributed by atoms with Crippen LogP contribution in [0.25, 0.3) is 0 Å². The van der Waals surface area contributed by atoms with Crippen molar-refractivity contribution in [3.8, 4) is 0 Å². The SMILES string of the molecule is CCS(=O)(=O)N1CCN(CCC(=O)N(C)C)CC1. The van der Waals surface area contributed by atoms with Crippen LogP contribution in [0.5, 0.6) is 0 Å². The molecule has 0 aromatic carbocycles. The molecule has 7 heteroatoms. The summed E-state index contributed by atoms with van der Waals surface area (Å²) in [7, 11) is 0.430. The first kappa shape index (κ1) is 15.4. The van der Waals surface area contributed by atoms with Crippen molar-refractivity contribution in [2.24, 2.45) is 0 Å². The van der Waals surface area contributed by atoms with E-state index in [-0.39, 0.29) is 11.7 Å². The van der Waals surface area contributed by atoms with E-state index in [0.717, 1.165) is 0 Å². The Morgan fingerprint density at radius 1 is 1.17 bits per heavy atom. The van der Waals surface area contributed by atoms with Gasteiger partial charge in [0.1, 0.15) is 0 Å². The van der Waals surface area contributed by atoms with Gasteiger partial charge in [0.15, 0.2) is 0 Å². The topological polar surface area (TPSA) is 60.9 Å². The summed E-state index contributed by atoms with van der Waals surface area (Å²) in [5.74, 6) is 0.269. The maximum Gasteiger partial charge on any atom is 0.223 e. The lowest BCUT2D eigenvalue weighted by Crippen LogP contribution is -2.49. The van der Waals surface area contributed by atoms with Gasteiger partial charge in [0.2, 0.25) is 15.9 Å². The highest BCUT2D eigenvalue weighted by Gasteiger charge is 2.25. The zero-order valence-electron chi connectivity index (χ0n) is 11.4. The zero-order valence-corrected chi connectivity index (χ0v) is 12.2. The number of sulfonamides is 1. The summed E-state index contributed by atoms with van der Waals surface area (Å²) < 4.78 is 24.9. The van der Waals surface area contributed by atoms with Crippen LogP contribution in [0.3, 0.4) is 0 Å². The van der Waals surface area contributed by atoms with Crippen LogP contribution >= 0.6 is 0 Å². The molecule has 18 heavy (non-hydrogen) atoms. The molecule has 1 amide bonds. The summed E-state index contributed by atoms with van der Waals surface area (Å²) >= 11 is 0. The highest BCUT2D eigenvalue weighted by atomic mass is 32.2. The Morgan fingerprint density at radius 2 is 1.72 bits per heavy atom. The first-order chi connectivity index (χ1) is 8.36. The highest BCUT2D eigenvalue weighted by Crippen LogP contribution is 2.08. The first-order valence-electron chi connectivity index (χ1n) is 6.27. The third-order valence-electron chi connectivity index (χ3n) is 3.23. The molecule has 0 atom stereocenters. The van der Waals surface area contributed by atoms with E-state index in [9.17, 15) is 13.2 Å². The Balaban J connectivity index is 2.34. The summed E-state index contributed by atoms with van der Waals surface area (Å²) in [6, 6.07) is 0. The third kappa shape index (κ3) is 4.22. The molecule has 0 spiro atoms. The fourth-order valence-electron chi connectivity index (χ4n) is 1.89. The molecule has 0 N–H and O–H groups in total. The van der Waals surface area contributed by atoms with Crippen LogP contribution in [0.15, 0.2) is 0 Å². The fourth-order valence-corrected chi connectivity index (χ4v) is 2.98. The number of hydrogen-bond acceptors (Lipinski definition) is 4. The number of amides is 1. The van der Waals surface area contributed by atoms with Crippen molar-refractivity contribution in [1.29, 1.82) is 0 Å². The van der Waals surface area contributed by atoms with E-state index >= 15 is 0 Å². The van der Waals surface area contributed by atoms with Gasteiger partial charge in [-0.1, -0.05) is 0 Å². The molecule has 1 saturated heterocycles. The average Bonchev–Trinajstić information content (AvgIpc) is 2.36. The number of carbonyl (C=O) groups is 1. The largest absolute Gasteiger partial charge is 0.349 e. The van der Waals surface area contributed by atoms with E-state index in [1.54, 1.807) is 25.9 Å². The van der Waals surface area contributed by atoms with Gasteiger partial charge in [0, 0.05) is 53.2 Å². The molecule has 1 heterocycles. The van der Waals surface area contributed by atoms with E-state index in [0.29, 0.717) is 39.1 Å². The molecular weight excluding hydrogens is 254 g/mol. The second kappa shape index (κ2) is 6.49. The first-order valence-corrected chi connectivity index (χ1v) is 7.88. The second-order valence-electron chi connectivity index (χ2n) is 4.68. The van der Waals surface area contributed by atoms with Crippen LogP contribution in [0, 0.1) is 0 Å². The lowest BCUT2D eigenvalue weighted by Gasteiger charge is -2.33. The lowest BCUT2D eigenvalue weighted by atomic mass is 10.3. The maximum absolute atomic E-state index is 11.7. The predicted octanol–water partition coefficient (Wildman–Crippen LogP) is -0.568. The van der Waals surface area contributed by atoms with Crippen LogP contribution in [0.2, 0.25) is 0 Å². The van der Waals surface area contributed by atoms with E-state index in [1.165, 1.54) is 4.31 Å². The van der Waals surface area contributed by atoms with Gasteiger partial charge in [-0.05, 0) is 6.92 Å². The minimum Gasteiger partial charge on any atom is -0.349 e. The molecule has 0 radical (unpaired) electrons. The highest BCUT2D eigenvalue weighted by molar-refractivity contribution is 7.89. The van der Waals surface area contributed by atoms with Gasteiger partial charge in [0.25, 0.3) is 0 Å². The van der Waals surface area contributed by atoms with Gasteiger partial charge in [-0.3, -0.25) is 4.79 Å². The lowest BCUT2D eigenvalue weighted by molar-refractivity contribution is -0.129. The molecule has 0 bridgehead atoms. The Bertz CT molecular complexity index is 373. The molecule has 0 saturated carbocycles. The molecule has 1 fully saturated rings. The Labute approximate surface area is 110 Å². The molecule has 0 unspecified atom stereocenters. The number of carbonyl (C=O) groups excluding carboxylic acids is 1. The molecule has 1 rings (SSSR count). The molecule has 0 aliphatic carbocycles. The van der Waals surface area contributed by atoms with Crippen molar-refractivity contribution >= 4 is 15.9 Å².